The van der Waals surface area contributed by atoms with Crippen LogP contribution < -0.4 is 14.8 Å². The molecule has 0 heterocycles. The summed E-state index contributed by atoms with van der Waals surface area (Å²) in [4.78, 5) is 11.9. The quantitative estimate of drug-likeness (QED) is 0.693. The summed E-state index contributed by atoms with van der Waals surface area (Å²) in [5, 5.41) is 2.87. The number of thioether (sulfide) groups is 1. The molecular weight excluding hydrogens is 334 g/mol. The Kier molecular flexibility index (Phi) is 7.67. The van der Waals surface area contributed by atoms with Gasteiger partial charge in [-0.05, 0) is 31.5 Å². The molecule has 25 heavy (non-hydrogen) atoms. The van der Waals surface area contributed by atoms with E-state index >= 15 is 0 Å². The number of aryl methyl sites for hydroxylation is 2. The topological polar surface area (TPSA) is 47.6 Å². The van der Waals surface area contributed by atoms with E-state index in [4.69, 9.17) is 9.47 Å². The van der Waals surface area contributed by atoms with Crippen LogP contribution in [0.3, 0.4) is 0 Å². The molecule has 2 aromatic carbocycles. The fraction of sp³-hybridized carbons (Fsp3) is 0.350. The van der Waals surface area contributed by atoms with Gasteiger partial charge in [-0.25, -0.2) is 0 Å². The first-order valence-electron chi connectivity index (χ1n) is 8.25. The predicted octanol–water partition coefficient (Wildman–Crippen LogP) is 3.74. The van der Waals surface area contributed by atoms with Crippen molar-refractivity contribution in [2.24, 2.45) is 0 Å². The van der Waals surface area contributed by atoms with E-state index in [1.807, 2.05) is 24.3 Å². The van der Waals surface area contributed by atoms with Crippen molar-refractivity contribution >= 4 is 17.7 Å². The van der Waals surface area contributed by atoms with Crippen LogP contribution >= 0.6 is 11.8 Å². The van der Waals surface area contributed by atoms with E-state index in [-0.39, 0.29) is 5.91 Å². The Labute approximate surface area is 153 Å². The summed E-state index contributed by atoms with van der Waals surface area (Å²) in [5.41, 5.74) is 3.78. The minimum atomic E-state index is 0.0311. The second kappa shape index (κ2) is 9.99. The number of nitrogens with one attached hydrogen (secondary N) is 1. The molecule has 2 rings (SSSR count). The van der Waals surface area contributed by atoms with E-state index in [2.05, 4.69) is 37.4 Å². The van der Waals surface area contributed by atoms with Gasteiger partial charge in [-0.3, -0.25) is 4.79 Å². The summed E-state index contributed by atoms with van der Waals surface area (Å²) >= 11 is 1.62. The van der Waals surface area contributed by atoms with Gasteiger partial charge in [-0.1, -0.05) is 35.4 Å². The smallest absolute Gasteiger partial charge is 0.230 e. The molecule has 2 aromatic rings. The van der Waals surface area contributed by atoms with E-state index in [9.17, 15) is 4.79 Å². The molecule has 134 valence electrons. The molecule has 0 aliphatic rings. The van der Waals surface area contributed by atoms with Crippen LogP contribution in [-0.4, -0.2) is 31.9 Å². The fourth-order valence-electron chi connectivity index (χ4n) is 2.52. The highest BCUT2D eigenvalue weighted by Gasteiger charge is 2.03. The maximum Gasteiger partial charge on any atom is 0.230 e. The van der Waals surface area contributed by atoms with Crippen molar-refractivity contribution in [1.82, 2.24) is 5.32 Å². The number of carbonyl (C=O) groups is 1. The van der Waals surface area contributed by atoms with Crippen LogP contribution in [0, 0.1) is 13.8 Å². The van der Waals surface area contributed by atoms with Gasteiger partial charge in [-0.15, -0.1) is 11.8 Å². The summed E-state index contributed by atoms with van der Waals surface area (Å²) < 4.78 is 10.7. The molecule has 0 radical (unpaired) electrons. The van der Waals surface area contributed by atoms with Gasteiger partial charge in [0.15, 0.2) is 0 Å². The third kappa shape index (κ3) is 7.10. The Morgan fingerprint density at radius 3 is 2.52 bits per heavy atom. The van der Waals surface area contributed by atoms with Crippen molar-refractivity contribution in [3.8, 4) is 11.5 Å². The van der Waals surface area contributed by atoms with E-state index in [0.717, 1.165) is 17.3 Å². The molecule has 0 saturated heterocycles. The van der Waals surface area contributed by atoms with Gasteiger partial charge in [0, 0.05) is 11.8 Å². The first kappa shape index (κ1) is 19.2. The van der Waals surface area contributed by atoms with Gasteiger partial charge in [0.2, 0.25) is 5.91 Å². The van der Waals surface area contributed by atoms with Crippen LogP contribution in [0.5, 0.6) is 11.5 Å². The molecule has 0 spiro atoms. The second-order valence-electron chi connectivity index (χ2n) is 5.87. The van der Waals surface area contributed by atoms with Crippen molar-refractivity contribution in [3.05, 3.63) is 59.2 Å². The molecule has 0 atom stereocenters. The molecule has 0 aromatic heterocycles. The molecule has 0 fully saturated rings. The summed E-state index contributed by atoms with van der Waals surface area (Å²) in [6.07, 6.45) is 0. The zero-order valence-corrected chi connectivity index (χ0v) is 15.8. The minimum Gasteiger partial charge on any atom is -0.497 e. The molecule has 0 unspecified atom stereocenters. The van der Waals surface area contributed by atoms with Crippen LogP contribution in [0.4, 0.5) is 0 Å². The number of benzene rings is 2. The van der Waals surface area contributed by atoms with Gasteiger partial charge in [0.25, 0.3) is 0 Å². The van der Waals surface area contributed by atoms with Crippen molar-refractivity contribution in [2.75, 3.05) is 26.0 Å². The number of methoxy groups -OCH3 is 1. The Bertz CT molecular complexity index is 683. The molecule has 4 nitrogen and oxygen atoms in total. The summed E-state index contributed by atoms with van der Waals surface area (Å²) in [6, 6.07) is 13.9. The van der Waals surface area contributed by atoms with Crippen molar-refractivity contribution in [1.29, 1.82) is 0 Å². The predicted molar refractivity (Wildman–Crippen MR) is 104 cm³/mol. The molecule has 0 aliphatic heterocycles. The van der Waals surface area contributed by atoms with E-state index < -0.39 is 0 Å². The van der Waals surface area contributed by atoms with Gasteiger partial charge < -0.3 is 14.8 Å². The van der Waals surface area contributed by atoms with Crippen LogP contribution in [0.25, 0.3) is 0 Å². The number of rotatable bonds is 9. The van der Waals surface area contributed by atoms with Crippen LogP contribution in [0.1, 0.15) is 16.7 Å². The molecule has 0 saturated carbocycles. The lowest BCUT2D eigenvalue weighted by molar-refractivity contribution is -0.118. The van der Waals surface area contributed by atoms with Crippen molar-refractivity contribution in [2.45, 2.75) is 19.6 Å². The highest BCUT2D eigenvalue weighted by molar-refractivity contribution is 7.99. The highest BCUT2D eigenvalue weighted by Crippen LogP contribution is 2.18. The Hall–Kier alpha value is -2.14. The number of carbonyl (C=O) groups excluding carboxylic acids is 1. The lowest BCUT2D eigenvalue weighted by atomic mass is 10.1. The zero-order chi connectivity index (χ0) is 18.1. The van der Waals surface area contributed by atoms with Gasteiger partial charge >= 0.3 is 0 Å². The first-order valence-corrected chi connectivity index (χ1v) is 9.41. The SMILES string of the molecule is COc1cccc(OCCNC(=O)CSCc2cc(C)cc(C)c2)c1. The Morgan fingerprint density at radius 1 is 1.08 bits per heavy atom. The fourth-order valence-corrected chi connectivity index (χ4v) is 3.31. The van der Waals surface area contributed by atoms with Gasteiger partial charge in [0.1, 0.15) is 18.1 Å². The Balaban J connectivity index is 1.62. The first-order chi connectivity index (χ1) is 12.1. The van der Waals surface area contributed by atoms with Crippen LogP contribution in [-0.2, 0) is 10.5 Å². The number of hydrogen-bond acceptors (Lipinski definition) is 4. The van der Waals surface area contributed by atoms with Crippen LogP contribution in [0.2, 0.25) is 0 Å². The molecule has 0 aliphatic carbocycles. The summed E-state index contributed by atoms with van der Waals surface area (Å²) in [6.45, 7) is 5.10. The second-order valence-corrected chi connectivity index (χ2v) is 6.85. The maximum absolute atomic E-state index is 11.9. The van der Waals surface area contributed by atoms with Crippen molar-refractivity contribution < 1.29 is 14.3 Å². The number of hydrogen-bond donors (Lipinski definition) is 1. The molecule has 0 bridgehead atoms. The number of amides is 1. The molecule has 1 amide bonds. The zero-order valence-electron chi connectivity index (χ0n) is 15.0. The molecular formula is C20H25NO3S. The summed E-state index contributed by atoms with van der Waals surface area (Å²) in [7, 11) is 1.62. The monoisotopic (exact) mass is 359 g/mol. The lowest BCUT2D eigenvalue weighted by Crippen LogP contribution is -2.29. The Morgan fingerprint density at radius 2 is 1.80 bits per heavy atom. The van der Waals surface area contributed by atoms with Gasteiger partial charge in [0.05, 0.1) is 19.4 Å². The van der Waals surface area contributed by atoms with Crippen LogP contribution in [0.15, 0.2) is 42.5 Å². The third-order valence-electron chi connectivity index (χ3n) is 3.52. The molecule has 1 N–H and O–H groups in total. The van der Waals surface area contributed by atoms with Crippen molar-refractivity contribution in [3.63, 3.8) is 0 Å². The highest BCUT2D eigenvalue weighted by atomic mass is 32.2. The summed E-state index contributed by atoms with van der Waals surface area (Å²) in [5.74, 6) is 2.81. The average molecular weight is 359 g/mol. The standard InChI is InChI=1S/C20H25NO3S/c1-15-9-16(2)11-17(10-15)13-25-14-20(22)21-7-8-24-19-6-4-5-18(12-19)23-3/h4-6,9-12H,7-8,13-14H2,1-3H3,(H,21,22). The van der Waals surface area contributed by atoms with Gasteiger partial charge in [-0.2, -0.15) is 0 Å². The largest absolute Gasteiger partial charge is 0.497 e. The maximum atomic E-state index is 11.9. The van der Waals surface area contributed by atoms with E-state index in [1.54, 1.807) is 18.9 Å². The third-order valence-corrected chi connectivity index (χ3v) is 4.52. The molecule has 5 heteroatoms. The lowest BCUT2D eigenvalue weighted by Gasteiger charge is -2.09. The minimum absolute atomic E-state index is 0.0311. The van der Waals surface area contributed by atoms with E-state index in [0.29, 0.717) is 18.9 Å². The normalized spacial score (nSPS) is 10.4. The number of ether oxygens (including phenoxy) is 2. The van der Waals surface area contributed by atoms with E-state index in [1.165, 1.54) is 16.7 Å². The average Bonchev–Trinajstić information content (AvgIpc) is 2.58.